The summed E-state index contributed by atoms with van der Waals surface area (Å²) in [5.74, 6) is 1.34. The molecule has 2 aromatic carbocycles. The van der Waals surface area contributed by atoms with Crippen molar-refractivity contribution in [3.05, 3.63) is 71.9 Å². The van der Waals surface area contributed by atoms with E-state index in [1.807, 2.05) is 30.3 Å². The van der Waals surface area contributed by atoms with Gasteiger partial charge in [0.25, 0.3) is 0 Å². The van der Waals surface area contributed by atoms with Crippen LogP contribution in [-0.2, 0) is 6.42 Å². The first kappa shape index (κ1) is 14.2. The minimum atomic E-state index is 0.486. The fourth-order valence-corrected chi connectivity index (χ4v) is 2.95. The van der Waals surface area contributed by atoms with Crippen LogP contribution in [0.4, 0.5) is 23.1 Å². The average Bonchev–Trinajstić information content (AvgIpc) is 3.06. The van der Waals surface area contributed by atoms with Crippen LogP contribution in [0.25, 0.3) is 0 Å². The number of nitrogens with zero attached hydrogens (tertiary/aromatic N) is 4. The van der Waals surface area contributed by atoms with E-state index >= 15 is 0 Å². The van der Waals surface area contributed by atoms with E-state index in [0.717, 1.165) is 18.8 Å². The zero-order valence-corrected chi connectivity index (χ0v) is 13.0. The van der Waals surface area contributed by atoms with Crippen molar-refractivity contribution >= 4 is 23.1 Å². The Kier molecular flexibility index (Phi) is 3.56. The number of aromatic nitrogens is 2. The Morgan fingerprint density at radius 2 is 1.88 bits per heavy atom. The van der Waals surface area contributed by atoms with Crippen LogP contribution in [0.1, 0.15) is 11.1 Å². The molecule has 0 spiro atoms. The van der Waals surface area contributed by atoms with Gasteiger partial charge in [-0.2, -0.15) is 10.2 Å². The van der Waals surface area contributed by atoms with Gasteiger partial charge in [0, 0.05) is 18.4 Å². The highest BCUT2D eigenvalue weighted by Gasteiger charge is 2.21. The second-order valence-electron chi connectivity index (χ2n) is 5.55. The molecule has 0 aliphatic carbocycles. The maximum Gasteiger partial charge on any atom is 0.229 e. The summed E-state index contributed by atoms with van der Waals surface area (Å²) in [5, 5.41) is 12.3. The molecule has 0 bridgehead atoms. The Morgan fingerprint density at radius 1 is 1.04 bits per heavy atom. The summed E-state index contributed by atoms with van der Waals surface area (Å²) in [6.07, 6.45) is 2.75. The van der Waals surface area contributed by atoms with E-state index in [0.29, 0.717) is 17.2 Å². The third-order valence-corrected chi connectivity index (χ3v) is 4.10. The second-order valence-corrected chi connectivity index (χ2v) is 5.55. The molecule has 0 saturated carbocycles. The monoisotopic (exact) mass is 313 g/mol. The van der Waals surface area contributed by atoms with Crippen molar-refractivity contribution in [3.63, 3.8) is 0 Å². The lowest BCUT2D eigenvalue weighted by Gasteiger charge is -2.18. The van der Waals surface area contributed by atoms with Crippen LogP contribution in [0, 0.1) is 11.3 Å². The standard InChI is InChI=1S/C19H15N5/c20-13-15-6-1-3-7-16(15)22-19-21-11-9-18(23-19)24-12-10-14-5-2-4-8-17(14)24/h1-9,11H,10,12H2,(H,21,22,23). The SMILES string of the molecule is N#Cc1ccccc1Nc1nccc(N2CCc3ccccc32)n1. The van der Waals surface area contributed by atoms with E-state index < -0.39 is 0 Å². The van der Waals surface area contributed by atoms with Crippen LogP contribution in [0.3, 0.4) is 0 Å². The molecule has 4 rings (SSSR count). The summed E-state index contributed by atoms with van der Waals surface area (Å²) < 4.78 is 0. The molecule has 1 aliphatic rings. The number of nitrogens with one attached hydrogen (secondary N) is 1. The Hall–Kier alpha value is -3.39. The van der Waals surface area contributed by atoms with E-state index in [9.17, 15) is 5.26 Å². The van der Waals surface area contributed by atoms with Crippen LogP contribution in [0.15, 0.2) is 60.8 Å². The van der Waals surface area contributed by atoms with Crippen LogP contribution >= 0.6 is 0 Å². The third kappa shape index (κ3) is 2.55. The van der Waals surface area contributed by atoms with Crippen molar-refractivity contribution in [1.29, 1.82) is 5.26 Å². The first-order valence-electron chi connectivity index (χ1n) is 7.80. The molecule has 0 radical (unpaired) electrons. The highest BCUT2D eigenvalue weighted by molar-refractivity contribution is 5.69. The Balaban J connectivity index is 1.65. The number of hydrogen-bond donors (Lipinski definition) is 1. The van der Waals surface area contributed by atoms with E-state index in [2.05, 4.69) is 44.5 Å². The molecule has 0 fully saturated rings. The number of benzene rings is 2. The first-order chi connectivity index (χ1) is 11.8. The average molecular weight is 313 g/mol. The smallest absolute Gasteiger partial charge is 0.229 e. The van der Waals surface area contributed by atoms with Gasteiger partial charge in [0.1, 0.15) is 11.9 Å². The van der Waals surface area contributed by atoms with Crippen LogP contribution < -0.4 is 10.2 Å². The highest BCUT2D eigenvalue weighted by atomic mass is 15.2. The molecule has 3 aromatic rings. The van der Waals surface area contributed by atoms with Gasteiger partial charge in [0.05, 0.1) is 11.3 Å². The summed E-state index contributed by atoms with van der Waals surface area (Å²) in [4.78, 5) is 11.1. The van der Waals surface area contributed by atoms with Crippen molar-refractivity contribution in [2.45, 2.75) is 6.42 Å². The topological polar surface area (TPSA) is 64.8 Å². The molecular weight excluding hydrogens is 298 g/mol. The van der Waals surface area contributed by atoms with Crippen LogP contribution in [0.2, 0.25) is 0 Å². The second kappa shape index (κ2) is 6.01. The number of anilines is 4. The summed E-state index contributed by atoms with van der Waals surface area (Å²) in [5.41, 5.74) is 3.80. The molecule has 1 aromatic heterocycles. The van der Waals surface area contributed by atoms with E-state index in [4.69, 9.17) is 0 Å². The maximum absolute atomic E-state index is 9.19. The van der Waals surface area contributed by atoms with Gasteiger partial charge in [-0.15, -0.1) is 0 Å². The first-order valence-corrected chi connectivity index (χ1v) is 7.80. The lowest BCUT2D eigenvalue weighted by Crippen LogP contribution is -2.15. The molecule has 24 heavy (non-hydrogen) atoms. The Morgan fingerprint density at radius 3 is 2.79 bits per heavy atom. The minimum absolute atomic E-state index is 0.486. The van der Waals surface area contributed by atoms with Gasteiger partial charge in [0.15, 0.2) is 0 Å². The summed E-state index contributed by atoms with van der Waals surface area (Å²) in [6.45, 7) is 0.907. The predicted molar refractivity (Wildman–Crippen MR) is 93.6 cm³/mol. The maximum atomic E-state index is 9.19. The van der Waals surface area contributed by atoms with Gasteiger partial charge in [-0.05, 0) is 36.2 Å². The van der Waals surface area contributed by atoms with Crippen molar-refractivity contribution in [2.24, 2.45) is 0 Å². The number of para-hydroxylation sites is 2. The molecular formula is C19H15N5. The number of hydrogen-bond acceptors (Lipinski definition) is 5. The minimum Gasteiger partial charge on any atom is -0.326 e. The normalized spacial score (nSPS) is 12.5. The van der Waals surface area contributed by atoms with Crippen LogP contribution in [-0.4, -0.2) is 16.5 Å². The fraction of sp³-hybridized carbons (Fsp3) is 0.105. The number of nitriles is 1. The fourth-order valence-electron chi connectivity index (χ4n) is 2.95. The molecule has 116 valence electrons. The van der Waals surface area contributed by atoms with Crippen molar-refractivity contribution in [2.75, 3.05) is 16.8 Å². The molecule has 0 amide bonds. The van der Waals surface area contributed by atoms with E-state index in [-0.39, 0.29) is 0 Å². The van der Waals surface area contributed by atoms with E-state index in [1.165, 1.54) is 11.3 Å². The van der Waals surface area contributed by atoms with Crippen molar-refractivity contribution < 1.29 is 0 Å². The van der Waals surface area contributed by atoms with Gasteiger partial charge < -0.3 is 10.2 Å². The third-order valence-electron chi connectivity index (χ3n) is 4.10. The largest absolute Gasteiger partial charge is 0.326 e. The predicted octanol–water partition coefficient (Wildman–Crippen LogP) is 3.79. The Bertz CT molecular complexity index is 929. The summed E-state index contributed by atoms with van der Waals surface area (Å²) in [7, 11) is 0. The Labute approximate surface area is 140 Å². The van der Waals surface area contributed by atoms with Gasteiger partial charge in [-0.1, -0.05) is 30.3 Å². The van der Waals surface area contributed by atoms with Crippen LogP contribution in [0.5, 0.6) is 0 Å². The summed E-state index contributed by atoms with van der Waals surface area (Å²) >= 11 is 0. The zero-order chi connectivity index (χ0) is 16.4. The van der Waals surface area contributed by atoms with Gasteiger partial charge >= 0.3 is 0 Å². The molecule has 5 heteroatoms. The quantitative estimate of drug-likeness (QED) is 0.797. The van der Waals surface area contributed by atoms with Gasteiger partial charge in [-0.25, -0.2) is 4.98 Å². The molecule has 2 heterocycles. The molecule has 1 aliphatic heterocycles. The van der Waals surface area contributed by atoms with Gasteiger partial charge in [-0.3, -0.25) is 0 Å². The molecule has 5 nitrogen and oxygen atoms in total. The molecule has 0 saturated heterocycles. The molecule has 1 N–H and O–H groups in total. The highest BCUT2D eigenvalue weighted by Crippen LogP contribution is 2.33. The number of fused-ring (bicyclic) bond motifs is 1. The molecule has 0 unspecified atom stereocenters. The van der Waals surface area contributed by atoms with Gasteiger partial charge in [0.2, 0.25) is 5.95 Å². The lowest BCUT2D eigenvalue weighted by atomic mass is 10.2. The lowest BCUT2D eigenvalue weighted by molar-refractivity contribution is 0.966. The summed E-state index contributed by atoms with van der Waals surface area (Å²) in [6, 6.07) is 19.8. The zero-order valence-electron chi connectivity index (χ0n) is 13.0. The number of rotatable bonds is 3. The molecule has 0 atom stereocenters. The van der Waals surface area contributed by atoms with Crippen molar-refractivity contribution in [1.82, 2.24) is 9.97 Å². The van der Waals surface area contributed by atoms with Crippen molar-refractivity contribution in [3.8, 4) is 6.07 Å². The van der Waals surface area contributed by atoms with E-state index in [1.54, 1.807) is 12.3 Å².